The van der Waals surface area contributed by atoms with Gasteiger partial charge in [0.05, 0.1) is 23.6 Å². The lowest BCUT2D eigenvalue weighted by Gasteiger charge is -2.15. The quantitative estimate of drug-likeness (QED) is 0.485. The molecule has 4 rings (SSSR count). The molecule has 0 saturated carbocycles. The Balaban J connectivity index is 1.35. The van der Waals surface area contributed by atoms with Gasteiger partial charge in [0.25, 0.3) is 0 Å². The van der Waals surface area contributed by atoms with E-state index in [-0.39, 0.29) is 42.1 Å². The number of amides is 1. The number of halogens is 3. The number of carbonyl (C=O) groups excluding carboxylic acids is 1. The molecule has 1 aromatic heterocycles. The molecule has 1 N–H and O–H groups in total. The molecule has 0 spiro atoms. The number of nitrogens with zero attached hydrogens (tertiary/aromatic N) is 1. The highest BCUT2D eigenvalue weighted by atomic mass is 35.5. The molecule has 0 aliphatic carbocycles. The minimum Gasteiger partial charge on any atom is -0.489 e. The Kier molecular flexibility index (Phi) is 7.02. The summed E-state index contributed by atoms with van der Waals surface area (Å²) in [6, 6.07) is 8.19. The molecule has 168 valence electrons. The predicted molar refractivity (Wildman–Crippen MR) is 115 cm³/mol. The fraction of sp³-hybridized carbons (Fsp3) is 0.304. The minimum atomic E-state index is -0.748. The SMILES string of the molecule is O=C(CCc1ncc(-c2ccc(F)cc2F)o1)Nc1cc(Cl)ccc1OCC1CCCO1. The second kappa shape index (κ2) is 10.1. The summed E-state index contributed by atoms with van der Waals surface area (Å²) in [4.78, 5) is 16.5. The third-order valence-corrected chi connectivity index (χ3v) is 5.22. The van der Waals surface area contributed by atoms with Crippen LogP contribution in [0.3, 0.4) is 0 Å². The van der Waals surface area contributed by atoms with E-state index in [0.29, 0.717) is 23.1 Å². The number of hydrogen-bond acceptors (Lipinski definition) is 5. The second-order valence-corrected chi connectivity index (χ2v) is 7.81. The van der Waals surface area contributed by atoms with Gasteiger partial charge in [-0.3, -0.25) is 4.79 Å². The van der Waals surface area contributed by atoms with Crippen molar-refractivity contribution in [2.75, 3.05) is 18.5 Å². The maximum absolute atomic E-state index is 13.9. The second-order valence-electron chi connectivity index (χ2n) is 7.38. The summed E-state index contributed by atoms with van der Waals surface area (Å²) < 4.78 is 43.9. The lowest BCUT2D eigenvalue weighted by Crippen LogP contribution is -2.18. The number of aromatic nitrogens is 1. The van der Waals surface area contributed by atoms with Gasteiger partial charge in [0.1, 0.15) is 24.0 Å². The van der Waals surface area contributed by atoms with Crippen molar-refractivity contribution in [1.82, 2.24) is 4.98 Å². The van der Waals surface area contributed by atoms with Crippen molar-refractivity contribution < 1.29 is 27.5 Å². The van der Waals surface area contributed by atoms with E-state index in [1.165, 1.54) is 12.3 Å². The average Bonchev–Trinajstić information content (AvgIpc) is 3.44. The van der Waals surface area contributed by atoms with Gasteiger partial charge in [0.2, 0.25) is 5.91 Å². The van der Waals surface area contributed by atoms with Crippen LogP contribution in [0.1, 0.15) is 25.2 Å². The van der Waals surface area contributed by atoms with E-state index in [0.717, 1.165) is 31.6 Å². The number of ether oxygens (including phenoxy) is 2. The van der Waals surface area contributed by atoms with Crippen LogP contribution in [0.15, 0.2) is 47.0 Å². The number of anilines is 1. The lowest BCUT2D eigenvalue weighted by atomic mass is 10.2. The lowest BCUT2D eigenvalue weighted by molar-refractivity contribution is -0.116. The van der Waals surface area contributed by atoms with Gasteiger partial charge in [-0.2, -0.15) is 0 Å². The van der Waals surface area contributed by atoms with Crippen LogP contribution >= 0.6 is 11.6 Å². The highest BCUT2D eigenvalue weighted by Gasteiger charge is 2.18. The highest BCUT2D eigenvalue weighted by Crippen LogP contribution is 2.29. The largest absolute Gasteiger partial charge is 0.489 e. The summed E-state index contributed by atoms with van der Waals surface area (Å²) in [5.74, 6) is -0.785. The molecule has 2 heterocycles. The van der Waals surface area contributed by atoms with Crippen molar-refractivity contribution in [1.29, 1.82) is 0 Å². The molecule has 1 aliphatic heterocycles. The molecule has 1 atom stereocenters. The van der Waals surface area contributed by atoms with Crippen molar-refractivity contribution in [3.63, 3.8) is 0 Å². The first-order valence-corrected chi connectivity index (χ1v) is 10.6. The van der Waals surface area contributed by atoms with Crippen molar-refractivity contribution in [3.8, 4) is 17.1 Å². The number of rotatable bonds is 8. The standard InChI is InChI=1S/C23H21ClF2N2O4/c24-14-3-6-20(31-13-16-2-1-9-30-16)19(10-14)28-22(29)7-8-23-27-12-21(32-23)17-5-4-15(25)11-18(17)26/h3-6,10-12,16H,1-2,7-9,13H2,(H,28,29). The summed E-state index contributed by atoms with van der Waals surface area (Å²) in [6.07, 6.45) is 3.60. The van der Waals surface area contributed by atoms with Gasteiger partial charge >= 0.3 is 0 Å². The van der Waals surface area contributed by atoms with Crippen LogP contribution in [0.25, 0.3) is 11.3 Å². The van der Waals surface area contributed by atoms with Gasteiger partial charge in [-0.1, -0.05) is 11.6 Å². The van der Waals surface area contributed by atoms with Crippen LogP contribution in [0, 0.1) is 11.6 Å². The van der Waals surface area contributed by atoms with Crippen LogP contribution in [0.4, 0.5) is 14.5 Å². The van der Waals surface area contributed by atoms with Crippen LogP contribution < -0.4 is 10.1 Å². The molecule has 2 aromatic carbocycles. The predicted octanol–water partition coefficient (Wildman–Crippen LogP) is 5.40. The van der Waals surface area contributed by atoms with Gasteiger partial charge in [-0.25, -0.2) is 13.8 Å². The van der Waals surface area contributed by atoms with Crippen LogP contribution in [-0.2, 0) is 16.0 Å². The third-order valence-electron chi connectivity index (χ3n) is 4.98. The summed E-state index contributed by atoms with van der Waals surface area (Å²) in [5, 5.41) is 3.25. The highest BCUT2D eigenvalue weighted by molar-refractivity contribution is 6.31. The molecule has 1 aliphatic rings. The van der Waals surface area contributed by atoms with Crippen LogP contribution in [0.5, 0.6) is 5.75 Å². The van der Waals surface area contributed by atoms with Crippen molar-refractivity contribution >= 4 is 23.2 Å². The number of aryl methyl sites for hydroxylation is 1. The van der Waals surface area contributed by atoms with Crippen molar-refractivity contribution in [2.24, 2.45) is 0 Å². The van der Waals surface area contributed by atoms with E-state index in [1.54, 1.807) is 18.2 Å². The normalized spacial score (nSPS) is 15.7. The fourth-order valence-electron chi connectivity index (χ4n) is 3.36. The van der Waals surface area contributed by atoms with Crippen molar-refractivity contribution in [2.45, 2.75) is 31.8 Å². The Morgan fingerprint density at radius 2 is 2.12 bits per heavy atom. The Labute approximate surface area is 188 Å². The van der Waals surface area contributed by atoms with Gasteiger partial charge in [-0.05, 0) is 43.2 Å². The Morgan fingerprint density at radius 3 is 2.91 bits per heavy atom. The molecule has 1 unspecified atom stereocenters. The van der Waals surface area contributed by atoms with E-state index in [4.69, 9.17) is 25.5 Å². The molecule has 1 amide bonds. The number of hydrogen-bond donors (Lipinski definition) is 1. The summed E-state index contributed by atoms with van der Waals surface area (Å²) in [5.41, 5.74) is 0.559. The van der Waals surface area contributed by atoms with Gasteiger partial charge < -0.3 is 19.2 Å². The number of carbonyl (C=O) groups is 1. The van der Waals surface area contributed by atoms with Crippen LogP contribution in [-0.4, -0.2) is 30.2 Å². The van der Waals surface area contributed by atoms with Gasteiger partial charge in [0, 0.05) is 30.5 Å². The first-order chi connectivity index (χ1) is 15.5. The summed E-state index contributed by atoms with van der Waals surface area (Å²) in [6.45, 7) is 1.12. The zero-order valence-corrected chi connectivity index (χ0v) is 17.8. The topological polar surface area (TPSA) is 73.6 Å². The third kappa shape index (κ3) is 5.63. The van der Waals surface area contributed by atoms with E-state index >= 15 is 0 Å². The first-order valence-electron chi connectivity index (χ1n) is 10.2. The molecule has 1 fully saturated rings. The Bertz CT molecular complexity index is 1100. The van der Waals surface area contributed by atoms with Gasteiger partial charge in [0.15, 0.2) is 11.7 Å². The number of nitrogens with one attached hydrogen (secondary N) is 1. The maximum atomic E-state index is 13.9. The van der Waals surface area contributed by atoms with E-state index < -0.39 is 11.6 Å². The monoisotopic (exact) mass is 462 g/mol. The Morgan fingerprint density at radius 1 is 1.25 bits per heavy atom. The molecule has 0 bridgehead atoms. The number of benzene rings is 2. The summed E-state index contributed by atoms with van der Waals surface area (Å²) >= 11 is 6.07. The van der Waals surface area contributed by atoms with Crippen molar-refractivity contribution in [3.05, 3.63) is 65.1 Å². The molecular weight excluding hydrogens is 442 g/mol. The van der Waals surface area contributed by atoms with Crippen LogP contribution in [0.2, 0.25) is 5.02 Å². The zero-order valence-electron chi connectivity index (χ0n) is 17.1. The molecular formula is C23H21ClF2N2O4. The molecule has 3 aromatic rings. The van der Waals surface area contributed by atoms with E-state index in [9.17, 15) is 13.6 Å². The molecule has 32 heavy (non-hydrogen) atoms. The van der Waals surface area contributed by atoms with Gasteiger partial charge in [-0.15, -0.1) is 0 Å². The first kappa shape index (κ1) is 22.2. The molecule has 0 radical (unpaired) electrons. The van der Waals surface area contributed by atoms with E-state index in [1.807, 2.05) is 0 Å². The smallest absolute Gasteiger partial charge is 0.224 e. The molecule has 6 nitrogen and oxygen atoms in total. The average molecular weight is 463 g/mol. The fourth-order valence-corrected chi connectivity index (χ4v) is 3.53. The summed E-state index contributed by atoms with van der Waals surface area (Å²) in [7, 11) is 0. The van der Waals surface area contributed by atoms with E-state index in [2.05, 4.69) is 10.3 Å². The molecule has 9 heteroatoms. The number of oxazole rings is 1. The zero-order chi connectivity index (χ0) is 22.5. The Hall–Kier alpha value is -2.97. The maximum Gasteiger partial charge on any atom is 0.224 e. The minimum absolute atomic E-state index is 0.0411. The molecule has 1 saturated heterocycles.